The highest BCUT2D eigenvalue weighted by Gasteiger charge is 2.72. The Morgan fingerprint density at radius 1 is 1.19 bits per heavy atom. The van der Waals surface area contributed by atoms with E-state index in [4.69, 9.17) is 27.9 Å². The fraction of sp³-hybridized carbons (Fsp3) is 0.594. The molecular formula is C32H37Cl2FN2O5. The number of aliphatic hydroxyl groups excluding tert-OH is 2. The van der Waals surface area contributed by atoms with Crippen molar-refractivity contribution in [1.29, 1.82) is 0 Å². The number of carbonyl (C=O) groups is 2. The second-order valence-electron chi connectivity index (χ2n) is 13.6. The molecule has 2 saturated carbocycles. The maximum atomic E-state index is 16.0. The van der Waals surface area contributed by atoms with Crippen LogP contribution in [0.4, 0.5) is 10.1 Å². The maximum Gasteiger partial charge on any atom is 0.236 e. The molecule has 10 heteroatoms. The van der Waals surface area contributed by atoms with Crippen LogP contribution in [0, 0.1) is 28.5 Å². The number of fused-ring (bicyclic) bond motifs is 3. The quantitative estimate of drug-likeness (QED) is 0.364. The summed E-state index contributed by atoms with van der Waals surface area (Å²) in [6.07, 6.45) is 3.88. The van der Waals surface area contributed by atoms with Gasteiger partial charge in [0.25, 0.3) is 0 Å². The van der Waals surface area contributed by atoms with E-state index in [1.807, 2.05) is 6.07 Å². The predicted molar refractivity (Wildman–Crippen MR) is 157 cm³/mol. The molecule has 7 nitrogen and oxygen atoms in total. The summed E-state index contributed by atoms with van der Waals surface area (Å²) in [7, 11) is 0. The number of ether oxygens (including phenoxy) is 1. The van der Waals surface area contributed by atoms with Gasteiger partial charge in [0.05, 0.1) is 24.7 Å². The minimum absolute atomic E-state index is 0.0754. The van der Waals surface area contributed by atoms with E-state index in [9.17, 15) is 19.8 Å². The fourth-order valence-electron chi connectivity index (χ4n) is 8.58. The van der Waals surface area contributed by atoms with Gasteiger partial charge in [-0.1, -0.05) is 43.1 Å². The molecule has 0 radical (unpaired) electrons. The summed E-state index contributed by atoms with van der Waals surface area (Å²) in [5, 5.41) is 23.2. The van der Waals surface area contributed by atoms with Crippen LogP contribution in [0.1, 0.15) is 75.8 Å². The van der Waals surface area contributed by atoms with Gasteiger partial charge in [-0.05, 0) is 84.6 Å². The van der Waals surface area contributed by atoms with E-state index in [0.717, 1.165) is 18.4 Å². The van der Waals surface area contributed by atoms with Gasteiger partial charge in [-0.25, -0.2) is 9.37 Å². The molecule has 2 aromatic rings. The Kier molecular flexibility index (Phi) is 7.71. The largest absolute Gasteiger partial charge is 0.394 e. The van der Waals surface area contributed by atoms with Crippen LogP contribution >= 0.6 is 23.2 Å². The summed E-state index contributed by atoms with van der Waals surface area (Å²) < 4.78 is 21.7. The molecule has 6 atom stereocenters. The fourth-order valence-corrected chi connectivity index (χ4v) is 8.92. The number of hydrogen-bond donors (Lipinski definition) is 3. The monoisotopic (exact) mass is 618 g/mol. The van der Waals surface area contributed by atoms with Gasteiger partial charge in [0.1, 0.15) is 11.9 Å². The van der Waals surface area contributed by atoms with Crippen molar-refractivity contribution in [2.75, 3.05) is 18.5 Å². The zero-order chi connectivity index (χ0) is 30.0. The highest BCUT2D eigenvalue weighted by atomic mass is 35.5. The number of amides is 1. The molecule has 2 aliphatic heterocycles. The smallest absolute Gasteiger partial charge is 0.236 e. The molecule has 6 rings (SSSR count). The molecule has 0 unspecified atom stereocenters. The minimum atomic E-state index is -1.22. The summed E-state index contributed by atoms with van der Waals surface area (Å²) in [5.41, 5.74) is -0.205. The van der Waals surface area contributed by atoms with Crippen LogP contribution in [0.25, 0.3) is 0 Å². The first-order chi connectivity index (χ1) is 19.9. The van der Waals surface area contributed by atoms with Crippen LogP contribution < -0.4 is 5.32 Å². The van der Waals surface area contributed by atoms with E-state index < -0.39 is 40.7 Å². The van der Waals surface area contributed by atoms with Gasteiger partial charge < -0.3 is 20.3 Å². The van der Waals surface area contributed by atoms with E-state index in [1.165, 1.54) is 6.20 Å². The van der Waals surface area contributed by atoms with Crippen LogP contribution in [-0.2, 0) is 19.7 Å². The molecule has 2 spiro atoms. The molecule has 0 bridgehead atoms. The maximum absolute atomic E-state index is 16.0. The topological polar surface area (TPSA) is 109 Å². The van der Waals surface area contributed by atoms with Crippen LogP contribution in [0.2, 0.25) is 10.2 Å². The van der Waals surface area contributed by atoms with Crippen molar-refractivity contribution in [1.82, 2.24) is 4.98 Å². The molecule has 1 aromatic carbocycles. The van der Waals surface area contributed by atoms with E-state index in [1.54, 1.807) is 18.2 Å². The summed E-state index contributed by atoms with van der Waals surface area (Å²) in [4.78, 5) is 32.9. The Hall–Kier alpha value is -2.10. The highest BCUT2D eigenvalue weighted by molar-refractivity contribution is 6.31. The third-order valence-electron chi connectivity index (χ3n) is 10.7. The zero-order valence-corrected chi connectivity index (χ0v) is 25.3. The van der Waals surface area contributed by atoms with Gasteiger partial charge >= 0.3 is 0 Å². The molecular weight excluding hydrogens is 582 g/mol. The molecule has 42 heavy (non-hydrogen) atoms. The van der Waals surface area contributed by atoms with Crippen LogP contribution in [-0.4, -0.2) is 52.3 Å². The first-order valence-corrected chi connectivity index (χ1v) is 15.5. The highest BCUT2D eigenvalue weighted by Crippen LogP contribution is 2.72. The molecule has 226 valence electrons. The summed E-state index contributed by atoms with van der Waals surface area (Å²) >= 11 is 12.6. The molecule has 4 aliphatic rings. The Balaban J connectivity index is 1.51. The van der Waals surface area contributed by atoms with Gasteiger partial charge in [-0.15, -0.1) is 0 Å². The number of ketones is 1. The molecule has 1 saturated heterocycles. The number of rotatable bonds is 5. The lowest BCUT2D eigenvalue weighted by Gasteiger charge is -2.51. The molecule has 1 aromatic heterocycles. The number of pyridine rings is 1. The van der Waals surface area contributed by atoms with Crippen molar-refractivity contribution in [2.24, 2.45) is 22.7 Å². The van der Waals surface area contributed by atoms with Crippen molar-refractivity contribution in [3.63, 3.8) is 0 Å². The van der Waals surface area contributed by atoms with Crippen molar-refractivity contribution in [3.8, 4) is 0 Å². The summed E-state index contributed by atoms with van der Waals surface area (Å²) in [6.45, 7) is 4.38. The molecule has 1 amide bonds. The van der Waals surface area contributed by atoms with Gasteiger partial charge in [0, 0.05) is 35.2 Å². The number of carbonyl (C=O) groups excluding carboxylic acids is 2. The Morgan fingerprint density at radius 2 is 1.93 bits per heavy atom. The predicted octanol–water partition coefficient (Wildman–Crippen LogP) is 5.83. The molecule has 3 heterocycles. The number of hydrogen-bond acceptors (Lipinski definition) is 6. The van der Waals surface area contributed by atoms with Crippen LogP contribution in [0.3, 0.4) is 0 Å². The van der Waals surface area contributed by atoms with Gasteiger partial charge in [0.15, 0.2) is 11.0 Å². The molecule has 3 N–H and O–H groups in total. The van der Waals surface area contributed by atoms with E-state index in [2.05, 4.69) is 24.1 Å². The van der Waals surface area contributed by atoms with Gasteiger partial charge in [-0.2, -0.15) is 0 Å². The first kappa shape index (κ1) is 29.9. The zero-order valence-electron chi connectivity index (χ0n) is 23.8. The second-order valence-corrected chi connectivity index (χ2v) is 14.4. The third-order valence-corrected chi connectivity index (χ3v) is 11.2. The average molecular weight is 620 g/mol. The van der Waals surface area contributed by atoms with Crippen LogP contribution in [0.5, 0.6) is 0 Å². The van der Waals surface area contributed by atoms with Crippen LogP contribution in [0.15, 0.2) is 30.5 Å². The Bertz CT molecular complexity index is 1410. The normalized spacial score (nSPS) is 33.1. The van der Waals surface area contributed by atoms with Gasteiger partial charge in [-0.3, -0.25) is 9.59 Å². The number of aliphatic hydroxyl groups is 2. The standard InChI is InChI=1S/C32H37Cl2FN2O5/c1-30(2)6-8-31(9-7-30)14-20(23(39)11-17-12-24(40)25(15-38)42-16-17)26(19-5-10-36-28(34)27(19)35)32(31)21-4-3-18(33)13-22(21)37-29(32)41/h3-5,10,13,17,20,24-26,38,40H,6-9,11-12,14-16H2,1-2H3,(H,37,41)/t17-,20+,24+,25-,26+,32-/m1/s1. The average Bonchev–Trinajstić information content (AvgIpc) is 3.40. The van der Waals surface area contributed by atoms with Crippen molar-refractivity contribution in [2.45, 2.75) is 82.3 Å². The number of aromatic nitrogens is 1. The van der Waals surface area contributed by atoms with E-state index in [0.29, 0.717) is 36.4 Å². The minimum Gasteiger partial charge on any atom is -0.394 e. The Morgan fingerprint density at radius 3 is 2.62 bits per heavy atom. The van der Waals surface area contributed by atoms with Gasteiger partial charge in [0.2, 0.25) is 5.91 Å². The molecule has 2 aliphatic carbocycles. The number of halogens is 3. The number of Topliss-reactive ketones (excluding diaryl/α,β-unsaturated/α-hetero) is 1. The lowest BCUT2D eigenvalue weighted by atomic mass is 9.51. The third kappa shape index (κ3) is 4.60. The number of nitrogens with zero attached hydrogens (tertiary/aromatic N) is 1. The first-order valence-electron chi connectivity index (χ1n) is 14.8. The lowest BCUT2D eigenvalue weighted by Crippen LogP contribution is -2.52. The Labute approximate surface area is 255 Å². The summed E-state index contributed by atoms with van der Waals surface area (Å²) in [5.74, 6) is -2.82. The second kappa shape index (κ2) is 10.8. The summed E-state index contributed by atoms with van der Waals surface area (Å²) in [6, 6.07) is 6.89. The SMILES string of the molecule is CC1(C)CCC2(CC1)C[C@@H](C(=O)C[C@H]1CO[C@H](CO)[C@@H](O)C1)[C@H](c1ccnc(Cl)c1F)[C@]21C(=O)Nc2cc(Cl)ccc21. The van der Waals surface area contributed by atoms with Crippen molar-refractivity contribution >= 4 is 40.6 Å². The van der Waals surface area contributed by atoms with E-state index >= 15 is 4.39 Å². The lowest BCUT2D eigenvalue weighted by molar-refractivity contribution is -0.134. The van der Waals surface area contributed by atoms with Crippen molar-refractivity contribution in [3.05, 3.63) is 57.6 Å². The van der Waals surface area contributed by atoms with E-state index in [-0.39, 0.29) is 53.4 Å². The number of nitrogens with one attached hydrogen (secondary N) is 1. The number of anilines is 1. The molecule has 3 fully saturated rings. The number of benzene rings is 1. The van der Waals surface area contributed by atoms with Crippen molar-refractivity contribution < 1.29 is 28.9 Å².